The highest BCUT2D eigenvalue weighted by atomic mass is 35.5. The number of nitrogens with zero attached hydrogens (tertiary/aromatic N) is 2. The number of anilines is 1. The topological polar surface area (TPSA) is 54.0 Å². The van der Waals surface area contributed by atoms with E-state index in [1.54, 1.807) is 12.1 Å². The second kappa shape index (κ2) is 9.38. The number of urea groups is 1. The maximum absolute atomic E-state index is 12.9. The lowest BCUT2D eigenvalue weighted by atomic mass is 10.1. The van der Waals surface area contributed by atoms with Crippen LogP contribution in [0.5, 0.6) is 0 Å². The van der Waals surface area contributed by atoms with Crippen molar-refractivity contribution in [3.63, 3.8) is 0 Å². The molecule has 6 nitrogen and oxygen atoms in total. The summed E-state index contributed by atoms with van der Waals surface area (Å²) in [6.07, 6.45) is 1.77. The first kappa shape index (κ1) is 18.5. The van der Waals surface area contributed by atoms with E-state index in [1.807, 2.05) is 17.0 Å². The molecule has 1 N–H and O–H groups in total. The van der Waals surface area contributed by atoms with E-state index >= 15 is 0 Å². The van der Waals surface area contributed by atoms with E-state index in [1.165, 1.54) is 0 Å². The molecule has 0 aromatic heterocycles. The summed E-state index contributed by atoms with van der Waals surface area (Å²) in [6.45, 7) is 6.42. The Morgan fingerprint density at radius 2 is 1.76 bits per heavy atom. The number of ether oxygens (including phenoxy) is 2. The lowest BCUT2D eigenvalue weighted by molar-refractivity contribution is 0.0238. The van der Waals surface area contributed by atoms with Gasteiger partial charge in [0.25, 0.3) is 0 Å². The van der Waals surface area contributed by atoms with E-state index in [-0.39, 0.29) is 12.1 Å². The normalized spacial score (nSPS) is 19.6. The first-order chi connectivity index (χ1) is 12.2. The fourth-order valence-electron chi connectivity index (χ4n) is 3.25. The minimum atomic E-state index is -0.0533. The Kier molecular flexibility index (Phi) is 6.93. The fourth-order valence-corrected chi connectivity index (χ4v) is 3.38. The molecule has 0 aliphatic carbocycles. The van der Waals surface area contributed by atoms with Gasteiger partial charge in [0.15, 0.2) is 0 Å². The smallest absolute Gasteiger partial charge is 0.322 e. The predicted molar refractivity (Wildman–Crippen MR) is 98.3 cm³/mol. The number of rotatable bonds is 5. The first-order valence-electron chi connectivity index (χ1n) is 8.93. The average Bonchev–Trinajstić information content (AvgIpc) is 2.65. The number of hydrogen-bond acceptors (Lipinski definition) is 4. The molecule has 7 heteroatoms. The predicted octanol–water partition coefficient (Wildman–Crippen LogP) is 2.69. The van der Waals surface area contributed by atoms with Gasteiger partial charge in [-0.2, -0.15) is 0 Å². The van der Waals surface area contributed by atoms with Gasteiger partial charge >= 0.3 is 6.03 Å². The molecule has 2 aliphatic rings. The van der Waals surface area contributed by atoms with Crippen molar-refractivity contribution in [3.05, 3.63) is 29.3 Å². The molecule has 0 radical (unpaired) electrons. The van der Waals surface area contributed by atoms with Crippen molar-refractivity contribution in [3.8, 4) is 0 Å². The Bertz CT molecular complexity index is 543. The van der Waals surface area contributed by atoms with E-state index in [9.17, 15) is 4.79 Å². The molecule has 25 heavy (non-hydrogen) atoms. The van der Waals surface area contributed by atoms with E-state index < -0.39 is 0 Å². The zero-order chi connectivity index (χ0) is 17.5. The summed E-state index contributed by atoms with van der Waals surface area (Å²) >= 11 is 5.92. The Morgan fingerprint density at radius 3 is 2.44 bits per heavy atom. The summed E-state index contributed by atoms with van der Waals surface area (Å²) in [7, 11) is 0. The third kappa shape index (κ3) is 5.57. The number of halogens is 1. The van der Waals surface area contributed by atoms with Crippen molar-refractivity contribution in [1.29, 1.82) is 0 Å². The van der Waals surface area contributed by atoms with Crippen LogP contribution in [0.4, 0.5) is 10.5 Å². The third-order valence-electron chi connectivity index (χ3n) is 4.75. The Balaban J connectivity index is 1.61. The van der Waals surface area contributed by atoms with Gasteiger partial charge in [0.1, 0.15) is 0 Å². The van der Waals surface area contributed by atoms with Crippen molar-refractivity contribution >= 4 is 23.3 Å². The lowest BCUT2D eigenvalue weighted by Gasteiger charge is -2.36. The minimum absolute atomic E-state index is 0.0533. The van der Waals surface area contributed by atoms with Gasteiger partial charge in [-0.25, -0.2) is 4.79 Å². The van der Waals surface area contributed by atoms with Crippen LogP contribution in [0.1, 0.15) is 12.8 Å². The van der Waals surface area contributed by atoms with Gasteiger partial charge in [0, 0.05) is 56.1 Å². The molecule has 138 valence electrons. The quantitative estimate of drug-likeness (QED) is 0.869. The van der Waals surface area contributed by atoms with Crippen LogP contribution in [0.25, 0.3) is 0 Å². The molecule has 3 rings (SSSR count). The molecule has 1 aromatic carbocycles. The van der Waals surface area contributed by atoms with Crippen LogP contribution in [-0.2, 0) is 9.47 Å². The largest absolute Gasteiger partial charge is 0.381 e. The molecule has 0 saturated carbocycles. The number of nitrogens with one attached hydrogen (secondary N) is 1. The van der Waals surface area contributed by atoms with Crippen LogP contribution in [0, 0.1) is 0 Å². The van der Waals surface area contributed by atoms with Crippen LogP contribution >= 0.6 is 11.6 Å². The molecule has 0 atom stereocenters. The van der Waals surface area contributed by atoms with Crippen LogP contribution in [0.15, 0.2) is 24.3 Å². The number of hydrogen-bond donors (Lipinski definition) is 1. The highest BCUT2D eigenvalue weighted by molar-refractivity contribution is 6.30. The zero-order valence-corrected chi connectivity index (χ0v) is 15.2. The molecular weight excluding hydrogens is 342 g/mol. The molecule has 2 amide bonds. The van der Waals surface area contributed by atoms with E-state index in [0.717, 1.165) is 51.4 Å². The highest BCUT2D eigenvalue weighted by Crippen LogP contribution is 2.18. The van der Waals surface area contributed by atoms with Gasteiger partial charge in [-0.15, -0.1) is 0 Å². The van der Waals surface area contributed by atoms with Gasteiger partial charge in [0.2, 0.25) is 0 Å². The third-order valence-corrected chi connectivity index (χ3v) is 5.00. The molecule has 1 aromatic rings. The number of benzene rings is 1. The van der Waals surface area contributed by atoms with Crippen LogP contribution < -0.4 is 5.32 Å². The van der Waals surface area contributed by atoms with Crippen LogP contribution in [0.2, 0.25) is 5.02 Å². The molecule has 0 unspecified atom stereocenters. The van der Waals surface area contributed by atoms with Crippen LogP contribution in [0.3, 0.4) is 0 Å². The molecule has 2 saturated heterocycles. The van der Waals surface area contributed by atoms with Gasteiger partial charge in [-0.05, 0) is 37.1 Å². The van der Waals surface area contributed by atoms with Gasteiger partial charge in [0.05, 0.1) is 13.2 Å². The van der Waals surface area contributed by atoms with E-state index in [0.29, 0.717) is 24.8 Å². The maximum Gasteiger partial charge on any atom is 0.322 e. The Hall–Kier alpha value is -1.34. The molecule has 2 aliphatic heterocycles. The molecular formula is C18H26ClN3O3. The van der Waals surface area contributed by atoms with Gasteiger partial charge < -0.3 is 19.7 Å². The standard InChI is InChI=1S/C18H26ClN3O3/c19-15-1-3-16(4-2-15)20-18(23)22(17-5-11-24-12-6-17)8-7-21-9-13-25-14-10-21/h1-4,17H,5-14H2,(H,20,23). The van der Waals surface area contributed by atoms with Crippen molar-refractivity contribution in [2.75, 3.05) is 57.9 Å². The summed E-state index contributed by atoms with van der Waals surface area (Å²) in [5.41, 5.74) is 0.762. The van der Waals surface area contributed by atoms with Gasteiger partial charge in [-0.1, -0.05) is 11.6 Å². The minimum Gasteiger partial charge on any atom is -0.381 e. The average molecular weight is 368 g/mol. The second-order valence-electron chi connectivity index (χ2n) is 6.43. The van der Waals surface area contributed by atoms with Crippen molar-refractivity contribution in [2.45, 2.75) is 18.9 Å². The Labute approximate surface area is 154 Å². The summed E-state index contributed by atoms with van der Waals surface area (Å²) < 4.78 is 10.9. The molecule has 2 fully saturated rings. The van der Waals surface area contributed by atoms with E-state index in [4.69, 9.17) is 21.1 Å². The number of amides is 2. The van der Waals surface area contributed by atoms with Gasteiger partial charge in [-0.3, -0.25) is 4.90 Å². The lowest BCUT2D eigenvalue weighted by Crippen LogP contribution is -2.49. The first-order valence-corrected chi connectivity index (χ1v) is 9.31. The maximum atomic E-state index is 12.9. The van der Waals surface area contributed by atoms with Crippen LogP contribution in [-0.4, -0.2) is 74.5 Å². The van der Waals surface area contributed by atoms with Crippen molar-refractivity contribution in [2.24, 2.45) is 0 Å². The SMILES string of the molecule is O=C(Nc1ccc(Cl)cc1)N(CCN1CCOCC1)C1CCOCC1. The fraction of sp³-hybridized carbons (Fsp3) is 0.611. The second-order valence-corrected chi connectivity index (χ2v) is 6.86. The molecule has 0 bridgehead atoms. The molecule has 2 heterocycles. The van der Waals surface area contributed by atoms with Crippen molar-refractivity contribution in [1.82, 2.24) is 9.80 Å². The monoisotopic (exact) mass is 367 g/mol. The highest BCUT2D eigenvalue weighted by Gasteiger charge is 2.26. The number of morpholine rings is 1. The summed E-state index contributed by atoms with van der Waals surface area (Å²) in [6, 6.07) is 7.38. The summed E-state index contributed by atoms with van der Waals surface area (Å²) in [5.74, 6) is 0. The molecule has 0 spiro atoms. The summed E-state index contributed by atoms with van der Waals surface area (Å²) in [5, 5.41) is 3.66. The van der Waals surface area contributed by atoms with Crippen molar-refractivity contribution < 1.29 is 14.3 Å². The number of carbonyl (C=O) groups excluding carboxylic acids is 1. The number of carbonyl (C=O) groups is 1. The summed E-state index contributed by atoms with van der Waals surface area (Å²) in [4.78, 5) is 17.2. The van der Waals surface area contributed by atoms with E-state index in [2.05, 4.69) is 10.2 Å². The zero-order valence-electron chi connectivity index (χ0n) is 14.5. The Morgan fingerprint density at radius 1 is 1.12 bits per heavy atom.